The van der Waals surface area contributed by atoms with Crippen LogP contribution in [0.2, 0.25) is 0 Å². The van der Waals surface area contributed by atoms with Crippen LogP contribution in [0.3, 0.4) is 0 Å². The molecule has 1 fully saturated rings. The van der Waals surface area contributed by atoms with Crippen molar-refractivity contribution in [3.8, 4) is 0 Å². The van der Waals surface area contributed by atoms with Gasteiger partial charge in [0.1, 0.15) is 0 Å². The fourth-order valence-electron chi connectivity index (χ4n) is 2.00. The van der Waals surface area contributed by atoms with Crippen molar-refractivity contribution in [1.82, 2.24) is 10.4 Å². The lowest BCUT2D eigenvalue weighted by molar-refractivity contribution is 0.160. The molecule has 1 aliphatic heterocycles. The minimum Gasteiger partial charge on any atom is -0.368 e. The van der Waals surface area contributed by atoms with E-state index in [1.165, 1.54) is 25.8 Å². The number of likely N-dealkylation sites (tertiary alicyclic amines) is 1. The molecule has 0 amide bonds. The molecule has 0 spiro atoms. The molecule has 1 unspecified atom stereocenters. The van der Waals surface area contributed by atoms with E-state index in [4.69, 9.17) is 10.9 Å². The highest BCUT2D eigenvalue weighted by Crippen LogP contribution is 2.16. The third-order valence-corrected chi connectivity index (χ3v) is 2.94. The van der Waals surface area contributed by atoms with Gasteiger partial charge in [-0.2, -0.15) is 0 Å². The Kier molecular flexibility index (Phi) is 5.42. The highest BCUT2D eigenvalue weighted by molar-refractivity contribution is 5.76. The van der Waals surface area contributed by atoms with E-state index in [1.54, 1.807) is 0 Å². The van der Waals surface area contributed by atoms with Crippen molar-refractivity contribution in [1.29, 1.82) is 0 Å². The average Bonchev–Trinajstić information content (AvgIpc) is 2.26. The zero-order chi connectivity index (χ0) is 11.1. The summed E-state index contributed by atoms with van der Waals surface area (Å²) in [4.78, 5) is 6.46. The molecule has 0 aromatic rings. The van der Waals surface area contributed by atoms with Crippen LogP contribution >= 0.6 is 0 Å². The Hall–Kier alpha value is -0.810. The number of aliphatic imine (C=N–C) groups is 1. The highest BCUT2D eigenvalue weighted by atomic mass is 16.5. The zero-order valence-corrected chi connectivity index (χ0v) is 9.45. The number of rotatable bonds is 4. The fourth-order valence-corrected chi connectivity index (χ4v) is 2.00. The first-order valence-corrected chi connectivity index (χ1v) is 5.68. The molecule has 4 N–H and O–H groups in total. The van der Waals surface area contributed by atoms with Gasteiger partial charge in [0.15, 0.2) is 0 Å². The van der Waals surface area contributed by atoms with E-state index in [1.807, 2.05) is 5.48 Å². The highest BCUT2D eigenvalue weighted by Gasteiger charge is 2.16. The first-order valence-electron chi connectivity index (χ1n) is 5.68. The average molecular weight is 214 g/mol. The van der Waals surface area contributed by atoms with Gasteiger partial charge in [-0.1, -0.05) is 6.42 Å². The molecular weight excluding hydrogens is 192 g/mol. The third kappa shape index (κ3) is 4.48. The molecule has 0 bridgehead atoms. The molecular formula is C10H22N4O. The third-order valence-electron chi connectivity index (χ3n) is 2.94. The maximum Gasteiger partial charge on any atom is 0.212 e. The second-order valence-electron chi connectivity index (χ2n) is 4.11. The van der Waals surface area contributed by atoms with Crippen LogP contribution in [0.25, 0.3) is 0 Å². The molecule has 88 valence electrons. The molecule has 0 aromatic heterocycles. The first-order chi connectivity index (χ1) is 7.24. The summed E-state index contributed by atoms with van der Waals surface area (Å²) in [7, 11) is 0. The molecule has 1 saturated heterocycles. The Balaban J connectivity index is 2.13. The summed E-state index contributed by atoms with van der Waals surface area (Å²) in [6.07, 6.45) is 4.97. The Labute approximate surface area is 91.3 Å². The monoisotopic (exact) mass is 214 g/mol. The molecule has 5 nitrogen and oxygen atoms in total. The summed E-state index contributed by atoms with van der Waals surface area (Å²) in [6, 6.07) is 0.705. The van der Waals surface area contributed by atoms with Gasteiger partial charge in [-0.3, -0.25) is 10.2 Å². The van der Waals surface area contributed by atoms with Gasteiger partial charge in [0.25, 0.3) is 0 Å². The molecule has 5 heteroatoms. The van der Waals surface area contributed by atoms with Gasteiger partial charge >= 0.3 is 0 Å². The molecule has 0 aliphatic carbocycles. The van der Waals surface area contributed by atoms with Crippen molar-refractivity contribution in [2.45, 2.75) is 38.6 Å². The van der Waals surface area contributed by atoms with Gasteiger partial charge in [0.05, 0.1) is 0 Å². The van der Waals surface area contributed by atoms with Crippen LogP contribution in [0.5, 0.6) is 0 Å². The Morgan fingerprint density at radius 1 is 1.60 bits per heavy atom. The lowest BCUT2D eigenvalue weighted by atomic mass is 10.0. The molecule has 15 heavy (non-hydrogen) atoms. The second-order valence-corrected chi connectivity index (χ2v) is 4.11. The van der Waals surface area contributed by atoms with Crippen LogP contribution < -0.4 is 11.2 Å². The van der Waals surface area contributed by atoms with Gasteiger partial charge in [-0.15, -0.1) is 0 Å². The number of piperidine rings is 1. The largest absolute Gasteiger partial charge is 0.368 e. The van der Waals surface area contributed by atoms with E-state index in [0.29, 0.717) is 12.6 Å². The SMILES string of the molecule is CC1CCCCN1CCCN=C(N)NO. The van der Waals surface area contributed by atoms with E-state index in [0.717, 1.165) is 13.0 Å². The van der Waals surface area contributed by atoms with Crippen LogP contribution in [0.1, 0.15) is 32.6 Å². The minimum absolute atomic E-state index is 0.0988. The van der Waals surface area contributed by atoms with Crippen molar-refractivity contribution in [2.75, 3.05) is 19.6 Å². The van der Waals surface area contributed by atoms with E-state index in [-0.39, 0.29) is 5.96 Å². The van der Waals surface area contributed by atoms with E-state index in [9.17, 15) is 0 Å². The summed E-state index contributed by atoms with van der Waals surface area (Å²) in [5.41, 5.74) is 7.12. The van der Waals surface area contributed by atoms with Gasteiger partial charge in [-0.25, -0.2) is 5.48 Å². The summed E-state index contributed by atoms with van der Waals surface area (Å²) < 4.78 is 0. The maximum atomic E-state index is 8.41. The Bertz CT molecular complexity index is 208. The number of nitrogens with zero attached hydrogens (tertiary/aromatic N) is 2. The number of hydroxylamine groups is 1. The molecule has 0 saturated carbocycles. The predicted molar refractivity (Wildman–Crippen MR) is 60.9 cm³/mol. The molecule has 1 aliphatic rings. The Morgan fingerprint density at radius 2 is 2.40 bits per heavy atom. The van der Waals surface area contributed by atoms with Crippen LogP contribution in [-0.2, 0) is 0 Å². The molecule has 0 aromatic carbocycles. The lowest BCUT2D eigenvalue weighted by Gasteiger charge is -2.33. The predicted octanol–water partition coefficient (Wildman–Crippen LogP) is 0.544. The molecule has 1 atom stereocenters. The summed E-state index contributed by atoms with van der Waals surface area (Å²) >= 11 is 0. The van der Waals surface area contributed by atoms with Crippen LogP contribution in [-0.4, -0.2) is 41.7 Å². The number of nitrogens with two attached hydrogens (primary N) is 1. The summed E-state index contributed by atoms with van der Waals surface area (Å²) in [5.74, 6) is 0.0988. The summed E-state index contributed by atoms with van der Waals surface area (Å²) in [5, 5.41) is 8.41. The van der Waals surface area contributed by atoms with Crippen molar-refractivity contribution in [3.63, 3.8) is 0 Å². The standard InChI is InChI=1S/C10H22N4O/c1-9-5-2-3-7-14(9)8-4-6-12-10(11)13-15/h9,15H,2-8H2,1H3,(H3,11,12,13). The fraction of sp³-hybridized carbons (Fsp3) is 0.900. The smallest absolute Gasteiger partial charge is 0.212 e. The number of hydrogen-bond acceptors (Lipinski definition) is 3. The molecule has 1 heterocycles. The van der Waals surface area contributed by atoms with Crippen molar-refractivity contribution < 1.29 is 5.21 Å². The van der Waals surface area contributed by atoms with Crippen LogP contribution in [0.4, 0.5) is 0 Å². The van der Waals surface area contributed by atoms with Gasteiger partial charge in [0, 0.05) is 19.1 Å². The topological polar surface area (TPSA) is 73.9 Å². The van der Waals surface area contributed by atoms with Gasteiger partial charge < -0.3 is 10.6 Å². The van der Waals surface area contributed by atoms with E-state index >= 15 is 0 Å². The van der Waals surface area contributed by atoms with E-state index in [2.05, 4.69) is 16.8 Å². The quantitative estimate of drug-likeness (QED) is 0.276. The van der Waals surface area contributed by atoms with Gasteiger partial charge in [-0.05, 0) is 32.7 Å². The molecule has 0 radical (unpaired) electrons. The van der Waals surface area contributed by atoms with Crippen molar-refractivity contribution in [3.05, 3.63) is 0 Å². The Morgan fingerprint density at radius 3 is 3.07 bits per heavy atom. The van der Waals surface area contributed by atoms with Crippen LogP contribution in [0.15, 0.2) is 4.99 Å². The maximum absolute atomic E-state index is 8.41. The number of hydrogen-bond donors (Lipinski definition) is 3. The summed E-state index contributed by atoms with van der Waals surface area (Å²) in [6.45, 7) is 5.23. The molecule has 1 rings (SSSR count). The van der Waals surface area contributed by atoms with Crippen molar-refractivity contribution in [2.24, 2.45) is 10.7 Å². The second kappa shape index (κ2) is 6.63. The number of nitrogens with one attached hydrogen (secondary N) is 1. The lowest BCUT2D eigenvalue weighted by Crippen LogP contribution is -2.38. The minimum atomic E-state index is 0.0988. The zero-order valence-electron chi connectivity index (χ0n) is 9.45. The first kappa shape index (κ1) is 12.3. The normalized spacial score (nSPS) is 24.1. The van der Waals surface area contributed by atoms with Crippen LogP contribution in [0, 0.1) is 0 Å². The van der Waals surface area contributed by atoms with Gasteiger partial charge in [0.2, 0.25) is 5.96 Å². The number of guanidine groups is 1. The van der Waals surface area contributed by atoms with Crippen molar-refractivity contribution >= 4 is 5.96 Å². The van der Waals surface area contributed by atoms with E-state index < -0.39 is 0 Å².